The zero-order valence-electron chi connectivity index (χ0n) is 15.4. The fourth-order valence-electron chi connectivity index (χ4n) is 3.52. The molecule has 0 aromatic heterocycles. The van der Waals surface area contributed by atoms with Gasteiger partial charge in [-0.05, 0) is 25.9 Å². The summed E-state index contributed by atoms with van der Waals surface area (Å²) in [6.07, 6.45) is 1.64. The molecule has 0 unspecified atom stereocenters. The summed E-state index contributed by atoms with van der Waals surface area (Å²) < 4.78 is 5.36. The first-order valence-corrected chi connectivity index (χ1v) is 8.59. The van der Waals surface area contributed by atoms with E-state index in [1.807, 2.05) is 30.6 Å². The molecule has 0 aromatic rings. The monoisotopic (exact) mass is 361 g/mol. The summed E-state index contributed by atoms with van der Waals surface area (Å²) in [7, 11) is 1.66. The highest BCUT2D eigenvalue weighted by atomic mass is 35.5. The molecule has 0 atom stereocenters. The Bertz CT molecular complexity index is 431. The van der Waals surface area contributed by atoms with Crippen LogP contribution < -0.4 is 5.32 Å². The lowest BCUT2D eigenvalue weighted by molar-refractivity contribution is -0.153. The van der Waals surface area contributed by atoms with E-state index < -0.39 is 5.41 Å². The average Bonchev–Trinajstić information content (AvgIpc) is 2.54. The minimum Gasteiger partial charge on any atom is -0.384 e. The highest BCUT2D eigenvalue weighted by molar-refractivity contribution is 5.85. The number of piperazine rings is 1. The van der Waals surface area contributed by atoms with Crippen LogP contribution in [0.2, 0.25) is 0 Å². The Hall–Kier alpha value is -0.850. The third kappa shape index (κ3) is 4.61. The number of piperidine rings is 1. The van der Waals surface area contributed by atoms with E-state index >= 15 is 0 Å². The smallest absolute Gasteiger partial charge is 0.231 e. The van der Waals surface area contributed by atoms with Crippen LogP contribution in [0.3, 0.4) is 0 Å². The molecule has 2 heterocycles. The Morgan fingerprint density at radius 2 is 1.54 bits per heavy atom. The second-order valence-corrected chi connectivity index (χ2v) is 7.80. The van der Waals surface area contributed by atoms with Crippen molar-refractivity contribution < 1.29 is 14.3 Å². The van der Waals surface area contributed by atoms with Crippen LogP contribution in [0.15, 0.2) is 0 Å². The Morgan fingerprint density at radius 3 is 2.00 bits per heavy atom. The topological polar surface area (TPSA) is 61.9 Å². The molecule has 7 heteroatoms. The summed E-state index contributed by atoms with van der Waals surface area (Å²) in [6.45, 7) is 10.5. The van der Waals surface area contributed by atoms with Crippen molar-refractivity contribution >= 4 is 24.2 Å². The van der Waals surface area contributed by atoms with Gasteiger partial charge in [0.05, 0.1) is 12.0 Å². The number of nitrogens with one attached hydrogen (secondary N) is 1. The minimum absolute atomic E-state index is 0. The van der Waals surface area contributed by atoms with Crippen molar-refractivity contribution in [3.63, 3.8) is 0 Å². The first-order valence-electron chi connectivity index (χ1n) is 8.59. The molecule has 24 heavy (non-hydrogen) atoms. The van der Waals surface area contributed by atoms with Gasteiger partial charge in [0, 0.05) is 38.7 Å². The van der Waals surface area contributed by atoms with Gasteiger partial charge >= 0.3 is 0 Å². The number of carbonyl (C=O) groups excluding carboxylic acids is 2. The van der Waals surface area contributed by atoms with Gasteiger partial charge in [-0.1, -0.05) is 20.8 Å². The van der Waals surface area contributed by atoms with E-state index in [4.69, 9.17) is 4.74 Å². The maximum atomic E-state index is 13.1. The SMILES string of the molecule is COCC1(C(=O)N2CCN(C(=O)C(C)(C)C)CC2)CCNCC1.Cl. The van der Waals surface area contributed by atoms with E-state index in [2.05, 4.69) is 5.32 Å². The summed E-state index contributed by atoms with van der Waals surface area (Å²) in [5.41, 5.74) is -0.755. The van der Waals surface area contributed by atoms with E-state index in [0.717, 1.165) is 25.9 Å². The standard InChI is InChI=1S/C17H31N3O3.ClH/c1-16(2,3)14(21)19-9-11-20(12-10-19)15(22)17(13-23-4)5-7-18-8-6-17;/h18H,5-13H2,1-4H3;1H. The van der Waals surface area contributed by atoms with Gasteiger partial charge in [-0.15, -0.1) is 12.4 Å². The van der Waals surface area contributed by atoms with E-state index in [0.29, 0.717) is 32.8 Å². The molecule has 0 aromatic carbocycles. The van der Waals surface area contributed by atoms with Gasteiger partial charge in [-0.3, -0.25) is 9.59 Å². The van der Waals surface area contributed by atoms with Crippen LogP contribution in [0, 0.1) is 10.8 Å². The number of rotatable bonds is 3. The van der Waals surface area contributed by atoms with Gasteiger partial charge in [0.1, 0.15) is 0 Å². The molecule has 0 saturated carbocycles. The Balaban J connectivity index is 0.00000288. The normalized spacial score (nSPS) is 21.2. The van der Waals surface area contributed by atoms with Gasteiger partial charge in [0.25, 0.3) is 0 Å². The van der Waals surface area contributed by atoms with Crippen molar-refractivity contribution in [2.75, 3.05) is 53.0 Å². The molecule has 0 spiro atoms. The largest absolute Gasteiger partial charge is 0.384 e. The predicted molar refractivity (Wildman–Crippen MR) is 96.3 cm³/mol. The third-order valence-corrected chi connectivity index (χ3v) is 4.93. The summed E-state index contributed by atoms with van der Waals surface area (Å²) in [5.74, 6) is 0.363. The van der Waals surface area contributed by atoms with Gasteiger partial charge in [-0.2, -0.15) is 0 Å². The van der Waals surface area contributed by atoms with Crippen molar-refractivity contribution in [2.45, 2.75) is 33.6 Å². The van der Waals surface area contributed by atoms with Crippen molar-refractivity contribution in [1.82, 2.24) is 15.1 Å². The fourth-order valence-corrected chi connectivity index (χ4v) is 3.52. The molecular weight excluding hydrogens is 330 g/mol. The Morgan fingerprint density at radius 1 is 1.04 bits per heavy atom. The van der Waals surface area contributed by atoms with Gasteiger partial charge in [-0.25, -0.2) is 0 Å². The third-order valence-electron chi connectivity index (χ3n) is 4.93. The molecule has 140 valence electrons. The molecular formula is C17H32ClN3O3. The molecule has 2 aliphatic rings. The molecule has 0 aliphatic carbocycles. The van der Waals surface area contributed by atoms with Crippen molar-refractivity contribution in [1.29, 1.82) is 0 Å². The van der Waals surface area contributed by atoms with E-state index in [1.54, 1.807) is 7.11 Å². The van der Waals surface area contributed by atoms with Crippen molar-refractivity contribution in [2.24, 2.45) is 10.8 Å². The number of hydrogen-bond acceptors (Lipinski definition) is 4. The number of amides is 2. The molecule has 2 amide bonds. The summed E-state index contributed by atoms with van der Waals surface area (Å²) in [6, 6.07) is 0. The summed E-state index contributed by atoms with van der Waals surface area (Å²) >= 11 is 0. The lowest BCUT2D eigenvalue weighted by Crippen LogP contribution is -2.58. The maximum Gasteiger partial charge on any atom is 0.231 e. The second-order valence-electron chi connectivity index (χ2n) is 7.80. The van der Waals surface area contributed by atoms with Crippen LogP contribution in [-0.2, 0) is 14.3 Å². The lowest BCUT2D eigenvalue weighted by Gasteiger charge is -2.43. The average molecular weight is 362 g/mol. The number of nitrogens with zero attached hydrogens (tertiary/aromatic N) is 2. The van der Waals surface area contributed by atoms with Gasteiger partial charge in [0.2, 0.25) is 11.8 Å². The highest BCUT2D eigenvalue weighted by Crippen LogP contribution is 2.32. The van der Waals surface area contributed by atoms with Crippen LogP contribution in [0.25, 0.3) is 0 Å². The number of carbonyl (C=O) groups is 2. The number of hydrogen-bond donors (Lipinski definition) is 1. The van der Waals surface area contributed by atoms with Gasteiger partial charge in [0.15, 0.2) is 0 Å². The maximum absolute atomic E-state index is 13.1. The molecule has 0 bridgehead atoms. The number of halogens is 1. The first kappa shape index (κ1) is 21.2. The number of ether oxygens (including phenoxy) is 1. The molecule has 6 nitrogen and oxygen atoms in total. The Kier molecular flexibility index (Phi) is 7.50. The second kappa shape index (κ2) is 8.50. The molecule has 1 N–H and O–H groups in total. The molecule has 2 fully saturated rings. The lowest BCUT2D eigenvalue weighted by atomic mass is 9.78. The summed E-state index contributed by atoms with van der Waals surface area (Å²) in [5, 5.41) is 3.32. The zero-order valence-corrected chi connectivity index (χ0v) is 16.2. The van der Waals surface area contributed by atoms with E-state index in [9.17, 15) is 9.59 Å². The van der Waals surface area contributed by atoms with Gasteiger partial charge < -0.3 is 19.9 Å². The van der Waals surface area contributed by atoms with Crippen LogP contribution in [0.5, 0.6) is 0 Å². The molecule has 2 rings (SSSR count). The first-order chi connectivity index (χ1) is 10.8. The zero-order chi connectivity index (χ0) is 17.1. The highest BCUT2D eigenvalue weighted by Gasteiger charge is 2.43. The molecule has 0 radical (unpaired) electrons. The predicted octanol–water partition coefficient (Wildman–Crippen LogP) is 1.14. The van der Waals surface area contributed by atoms with E-state index in [1.165, 1.54) is 0 Å². The Labute approximate surface area is 151 Å². The molecule has 2 saturated heterocycles. The fraction of sp³-hybridized carbons (Fsp3) is 0.882. The van der Waals surface area contributed by atoms with Crippen LogP contribution >= 0.6 is 12.4 Å². The summed E-state index contributed by atoms with van der Waals surface area (Å²) in [4.78, 5) is 29.2. The van der Waals surface area contributed by atoms with Crippen molar-refractivity contribution in [3.8, 4) is 0 Å². The molecule has 2 aliphatic heterocycles. The van der Waals surface area contributed by atoms with E-state index in [-0.39, 0.29) is 29.6 Å². The number of methoxy groups -OCH3 is 1. The minimum atomic E-state index is -0.393. The van der Waals surface area contributed by atoms with Crippen LogP contribution in [0.4, 0.5) is 0 Å². The van der Waals surface area contributed by atoms with Crippen LogP contribution in [0.1, 0.15) is 33.6 Å². The van der Waals surface area contributed by atoms with Crippen LogP contribution in [-0.4, -0.2) is 74.6 Å². The van der Waals surface area contributed by atoms with Crippen molar-refractivity contribution in [3.05, 3.63) is 0 Å². The quantitative estimate of drug-likeness (QED) is 0.819.